The lowest BCUT2D eigenvalue weighted by atomic mass is 10.3. The van der Waals surface area contributed by atoms with E-state index < -0.39 is 6.10 Å². The minimum Gasteiger partial charge on any atom is -0.386 e. The van der Waals surface area contributed by atoms with Gasteiger partial charge in [0, 0.05) is 4.88 Å². The van der Waals surface area contributed by atoms with Crippen molar-refractivity contribution < 1.29 is 5.11 Å². The molecule has 1 atom stereocenters. The summed E-state index contributed by atoms with van der Waals surface area (Å²) >= 11 is 6.92. The first-order chi connectivity index (χ1) is 4.34. The van der Waals surface area contributed by atoms with Gasteiger partial charge in [0.25, 0.3) is 0 Å². The number of alkyl halides is 1. The second-order valence-electron chi connectivity index (χ2n) is 1.69. The Morgan fingerprint density at radius 3 is 3.00 bits per heavy atom. The lowest BCUT2D eigenvalue weighted by molar-refractivity contribution is 0.206. The molecule has 0 saturated heterocycles. The lowest BCUT2D eigenvalue weighted by Gasteiger charge is -1.99. The molecule has 1 nitrogen and oxygen atoms in total. The summed E-state index contributed by atoms with van der Waals surface area (Å²) in [5.74, 6) is 0.278. The Morgan fingerprint density at radius 1 is 1.78 bits per heavy atom. The highest BCUT2D eigenvalue weighted by atomic mass is 35.5. The molecule has 0 radical (unpaired) electrons. The first-order valence-electron chi connectivity index (χ1n) is 2.62. The van der Waals surface area contributed by atoms with E-state index in [9.17, 15) is 0 Å². The van der Waals surface area contributed by atoms with E-state index in [1.54, 1.807) is 0 Å². The van der Waals surface area contributed by atoms with Gasteiger partial charge in [0.1, 0.15) is 6.10 Å². The van der Waals surface area contributed by atoms with Crippen LogP contribution in [0.1, 0.15) is 11.0 Å². The van der Waals surface area contributed by atoms with Crippen molar-refractivity contribution in [3.05, 3.63) is 22.4 Å². The molecule has 0 unspecified atom stereocenters. The van der Waals surface area contributed by atoms with Crippen molar-refractivity contribution in [2.45, 2.75) is 6.10 Å². The molecular formula is C6H7ClOS. The Morgan fingerprint density at radius 2 is 2.56 bits per heavy atom. The fourth-order valence-electron chi connectivity index (χ4n) is 0.557. The van der Waals surface area contributed by atoms with Gasteiger partial charge in [-0.2, -0.15) is 0 Å². The third kappa shape index (κ3) is 1.68. The molecule has 0 aromatic carbocycles. The predicted molar refractivity (Wildman–Crippen MR) is 40.0 cm³/mol. The quantitative estimate of drug-likeness (QED) is 0.660. The zero-order valence-electron chi connectivity index (χ0n) is 4.75. The number of aliphatic hydroxyl groups excluding tert-OH is 1. The van der Waals surface area contributed by atoms with Gasteiger partial charge < -0.3 is 5.11 Å². The molecule has 0 aliphatic heterocycles. The molecule has 0 aliphatic rings. The van der Waals surface area contributed by atoms with Crippen molar-refractivity contribution in [3.63, 3.8) is 0 Å². The van der Waals surface area contributed by atoms with Crippen LogP contribution in [0.4, 0.5) is 0 Å². The molecule has 0 saturated carbocycles. The number of halogens is 1. The van der Waals surface area contributed by atoms with E-state index in [0.29, 0.717) is 0 Å². The van der Waals surface area contributed by atoms with Crippen LogP contribution in [0.15, 0.2) is 17.5 Å². The highest BCUT2D eigenvalue weighted by Gasteiger charge is 2.04. The Labute approximate surface area is 62.9 Å². The number of hydrogen-bond donors (Lipinski definition) is 1. The van der Waals surface area contributed by atoms with Gasteiger partial charge >= 0.3 is 0 Å². The molecule has 1 N–H and O–H groups in total. The second-order valence-corrected chi connectivity index (χ2v) is 2.97. The topological polar surface area (TPSA) is 20.2 Å². The van der Waals surface area contributed by atoms with Gasteiger partial charge in [0.05, 0.1) is 5.88 Å². The Hall–Kier alpha value is -0.0500. The molecule has 0 spiro atoms. The Bertz CT molecular complexity index is 162. The maximum absolute atomic E-state index is 9.10. The molecule has 3 heteroatoms. The fourth-order valence-corrected chi connectivity index (χ4v) is 1.53. The minimum absolute atomic E-state index is 0.278. The largest absolute Gasteiger partial charge is 0.386 e. The van der Waals surface area contributed by atoms with Crippen LogP contribution in [0.3, 0.4) is 0 Å². The lowest BCUT2D eigenvalue weighted by Crippen LogP contribution is -1.93. The molecule has 1 rings (SSSR count). The Balaban J connectivity index is 2.65. The van der Waals surface area contributed by atoms with Gasteiger partial charge in [0.2, 0.25) is 0 Å². The van der Waals surface area contributed by atoms with Crippen molar-refractivity contribution in [1.82, 2.24) is 0 Å². The van der Waals surface area contributed by atoms with Crippen LogP contribution in [0.25, 0.3) is 0 Å². The smallest absolute Gasteiger partial charge is 0.102 e. The maximum atomic E-state index is 9.10. The molecule has 0 amide bonds. The van der Waals surface area contributed by atoms with Crippen molar-refractivity contribution in [3.8, 4) is 0 Å². The van der Waals surface area contributed by atoms with Crippen LogP contribution in [-0.2, 0) is 0 Å². The summed E-state index contributed by atoms with van der Waals surface area (Å²) in [5.41, 5.74) is 0. The van der Waals surface area contributed by atoms with Crippen molar-refractivity contribution in [2.75, 3.05) is 5.88 Å². The van der Waals surface area contributed by atoms with Gasteiger partial charge in [-0.05, 0) is 11.4 Å². The van der Waals surface area contributed by atoms with Crippen LogP contribution < -0.4 is 0 Å². The van der Waals surface area contributed by atoms with E-state index in [4.69, 9.17) is 16.7 Å². The van der Waals surface area contributed by atoms with Crippen LogP contribution in [0.2, 0.25) is 0 Å². The monoisotopic (exact) mass is 162 g/mol. The minimum atomic E-state index is -0.480. The molecule has 0 bridgehead atoms. The zero-order chi connectivity index (χ0) is 6.69. The maximum Gasteiger partial charge on any atom is 0.102 e. The molecule has 1 aromatic heterocycles. The molecule has 9 heavy (non-hydrogen) atoms. The molecule has 0 fully saturated rings. The molecule has 0 aliphatic carbocycles. The van der Waals surface area contributed by atoms with E-state index in [1.807, 2.05) is 17.5 Å². The standard InChI is InChI=1S/C6H7ClOS/c7-4-5(8)6-2-1-3-9-6/h1-3,5,8H,4H2/t5-/m1/s1. The van der Waals surface area contributed by atoms with E-state index >= 15 is 0 Å². The summed E-state index contributed by atoms with van der Waals surface area (Å²) in [7, 11) is 0. The first-order valence-corrected chi connectivity index (χ1v) is 4.03. The van der Waals surface area contributed by atoms with Crippen molar-refractivity contribution in [1.29, 1.82) is 0 Å². The van der Waals surface area contributed by atoms with Gasteiger partial charge in [-0.25, -0.2) is 0 Å². The average Bonchev–Trinajstić information content (AvgIpc) is 2.37. The highest BCUT2D eigenvalue weighted by molar-refractivity contribution is 7.10. The normalized spacial score (nSPS) is 13.6. The molecular weight excluding hydrogens is 156 g/mol. The van der Waals surface area contributed by atoms with Crippen LogP contribution in [-0.4, -0.2) is 11.0 Å². The summed E-state index contributed by atoms with van der Waals surface area (Å²) in [6.07, 6.45) is -0.480. The summed E-state index contributed by atoms with van der Waals surface area (Å²) < 4.78 is 0. The molecule has 1 heterocycles. The van der Waals surface area contributed by atoms with Gasteiger partial charge in [0.15, 0.2) is 0 Å². The molecule has 1 aromatic rings. The summed E-state index contributed by atoms with van der Waals surface area (Å²) in [4.78, 5) is 0.935. The third-order valence-corrected chi connectivity index (χ3v) is 2.28. The van der Waals surface area contributed by atoms with Crippen molar-refractivity contribution in [2.24, 2.45) is 0 Å². The van der Waals surface area contributed by atoms with Gasteiger partial charge in [-0.3, -0.25) is 0 Å². The Kier molecular flexibility index (Phi) is 2.51. The van der Waals surface area contributed by atoms with E-state index in [2.05, 4.69) is 0 Å². The summed E-state index contributed by atoms with van der Waals surface area (Å²) in [6.45, 7) is 0. The predicted octanol–water partition coefficient (Wildman–Crippen LogP) is 2.02. The van der Waals surface area contributed by atoms with Crippen molar-refractivity contribution >= 4 is 22.9 Å². The fraction of sp³-hybridized carbons (Fsp3) is 0.333. The molecule has 50 valence electrons. The van der Waals surface area contributed by atoms with Gasteiger partial charge in [-0.1, -0.05) is 6.07 Å². The van der Waals surface area contributed by atoms with Crippen LogP contribution in [0.5, 0.6) is 0 Å². The first kappa shape index (κ1) is 7.06. The van der Waals surface area contributed by atoms with Gasteiger partial charge in [-0.15, -0.1) is 22.9 Å². The van der Waals surface area contributed by atoms with E-state index in [0.717, 1.165) is 4.88 Å². The number of rotatable bonds is 2. The van der Waals surface area contributed by atoms with Crippen LogP contribution in [0, 0.1) is 0 Å². The number of hydrogen-bond acceptors (Lipinski definition) is 2. The highest BCUT2D eigenvalue weighted by Crippen LogP contribution is 2.18. The SMILES string of the molecule is O[C@H](CCl)c1cccs1. The van der Waals surface area contributed by atoms with E-state index in [-0.39, 0.29) is 5.88 Å². The zero-order valence-corrected chi connectivity index (χ0v) is 6.32. The van der Waals surface area contributed by atoms with Crippen LogP contribution >= 0.6 is 22.9 Å². The summed E-state index contributed by atoms with van der Waals surface area (Å²) in [5, 5.41) is 11.0. The third-order valence-electron chi connectivity index (χ3n) is 1.02. The number of aliphatic hydroxyl groups is 1. The summed E-state index contributed by atoms with van der Waals surface area (Å²) in [6, 6.07) is 3.77. The second kappa shape index (κ2) is 3.20. The van der Waals surface area contributed by atoms with E-state index in [1.165, 1.54) is 11.3 Å². The average molecular weight is 163 g/mol. The number of thiophene rings is 1.